The van der Waals surface area contributed by atoms with E-state index >= 15 is 0 Å². The van der Waals surface area contributed by atoms with Crippen LogP contribution in [0.4, 0.5) is 5.69 Å². The first-order valence-electron chi connectivity index (χ1n) is 8.57. The lowest BCUT2D eigenvalue weighted by Gasteiger charge is -2.25. The number of aryl methyl sites for hydroxylation is 1. The van der Waals surface area contributed by atoms with E-state index in [1.807, 2.05) is 0 Å². The molecule has 3 rings (SSSR count). The smallest absolute Gasteiger partial charge is 0.251 e. The molecule has 0 saturated heterocycles. The first-order chi connectivity index (χ1) is 11.7. The minimum Gasteiger partial charge on any atom is -0.399 e. The molecule has 126 valence electrons. The highest BCUT2D eigenvalue weighted by atomic mass is 16.5. The fourth-order valence-corrected chi connectivity index (χ4v) is 3.16. The van der Waals surface area contributed by atoms with Crippen molar-refractivity contribution in [2.75, 3.05) is 18.9 Å². The second-order valence-electron chi connectivity index (χ2n) is 6.19. The van der Waals surface area contributed by atoms with Crippen molar-refractivity contribution in [2.45, 2.75) is 31.8 Å². The average Bonchev–Trinajstić information content (AvgIpc) is 2.61. The molecule has 1 unspecified atom stereocenters. The highest BCUT2D eigenvalue weighted by Crippen LogP contribution is 2.32. The third-order valence-corrected chi connectivity index (χ3v) is 4.39. The number of amides is 1. The molecule has 0 spiro atoms. The highest BCUT2D eigenvalue weighted by molar-refractivity contribution is 5.94. The normalized spacial score (nSPS) is 16.4. The summed E-state index contributed by atoms with van der Waals surface area (Å²) in [6.45, 7) is 1.25. The number of rotatable bonds is 6. The maximum Gasteiger partial charge on any atom is 0.251 e. The van der Waals surface area contributed by atoms with Crippen molar-refractivity contribution in [3.63, 3.8) is 0 Å². The summed E-state index contributed by atoms with van der Waals surface area (Å²) >= 11 is 0. The van der Waals surface area contributed by atoms with Gasteiger partial charge in [0, 0.05) is 24.4 Å². The Hall–Kier alpha value is -2.33. The Morgan fingerprint density at radius 3 is 2.96 bits per heavy atom. The van der Waals surface area contributed by atoms with Crippen molar-refractivity contribution in [1.82, 2.24) is 5.32 Å². The molecule has 0 heterocycles. The molecule has 2 aromatic rings. The fraction of sp³-hybridized carbons (Fsp3) is 0.350. The van der Waals surface area contributed by atoms with Gasteiger partial charge in [-0.05, 0) is 55.0 Å². The van der Waals surface area contributed by atoms with Gasteiger partial charge in [0.25, 0.3) is 5.91 Å². The zero-order chi connectivity index (χ0) is 16.8. The van der Waals surface area contributed by atoms with Crippen LogP contribution in [0.25, 0.3) is 0 Å². The molecule has 1 aliphatic carbocycles. The monoisotopic (exact) mass is 324 g/mol. The summed E-state index contributed by atoms with van der Waals surface area (Å²) in [6, 6.07) is 15.5. The van der Waals surface area contributed by atoms with Gasteiger partial charge in [-0.25, -0.2) is 0 Å². The van der Waals surface area contributed by atoms with Crippen LogP contribution < -0.4 is 11.1 Å². The summed E-state index contributed by atoms with van der Waals surface area (Å²) in [7, 11) is 0. The predicted octanol–water partition coefficient (Wildman–Crippen LogP) is 3.48. The Bertz CT molecular complexity index is 700. The van der Waals surface area contributed by atoms with E-state index in [1.165, 1.54) is 17.5 Å². The number of carbonyl (C=O) groups excluding carboxylic acids is 1. The van der Waals surface area contributed by atoms with Crippen LogP contribution in [0.15, 0.2) is 48.5 Å². The van der Waals surface area contributed by atoms with E-state index in [0.29, 0.717) is 24.4 Å². The molecule has 0 fully saturated rings. The Morgan fingerprint density at radius 1 is 1.21 bits per heavy atom. The zero-order valence-electron chi connectivity index (χ0n) is 13.8. The molecule has 4 nitrogen and oxygen atoms in total. The summed E-state index contributed by atoms with van der Waals surface area (Å²) in [4.78, 5) is 12.0. The van der Waals surface area contributed by atoms with Gasteiger partial charge in [0.15, 0.2) is 0 Å². The maximum atomic E-state index is 12.0. The number of nitrogens with one attached hydrogen (secondary N) is 1. The van der Waals surface area contributed by atoms with E-state index in [2.05, 4.69) is 29.6 Å². The maximum absolute atomic E-state index is 12.0. The quantitative estimate of drug-likeness (QED) is 0.631. The molecule has 0 bridgehead atoms. The third-order valence-electron chi connectivity index (χ3n) is 4.39. The van der Waals surface area contributed by atoms with E-state index < -0.39 is 0 Å². The second-order valence-corrected chi connectivity index (χ2v) is 6.19. The van der Waals surface area contributed by atoms with Crippen LogP contribution in [-0.2, 0) is 11.2 Å². The van der Waals surface area contributed by atoms with Crippen molar-refractivity contribution in [3.05, 3.63) is 65.2 Å². The summed E-state index contributed by atoms with van der Waals surface area (Å²) in [6.07, 6.45) is 4.39. The van der Waals surface area contributed by atoms with Crippen molar-refractivity contribution in [2.24, 2.45) is 0 Å². The lowest BCUT2D eigenvalue weighted by molar-refractivity contribution is 0.0393. The van der Waals surface area contributed by atoms with Gasteiger partial charge in [0.1, 0.15) is 0 Å². The standard InChI is InChI=1S/C20H24N2O2/c21-17-9-3-8-16(14-17)20(23)22-12-5-13-24-19-11-4-7-15-6-1-2-10-18(15)19/h1-3,6,8-10,14,19H,4-5,7,11-13,21H2,(H,22,23). The Kier molecular flexibility index (Phi) is 5.49. The number of anilines is 1. The molecule has 2 aromatic carbocycles. The number of nitrogens with two attached hydrogens (primary N) is 1. The lowest BCUT2D eigenvalue weighted by atomic mass is 9.89. The molecular formula is C20H24N2O2. The summed E-state index contributed by atoms with van der Waals surface area (Å²) < 4.78 is 6.04. The van der Waals surface area contributed by atoms with E-state index in [0.717, 1.165) is 19.3 Å². The molecule has 4 heteroatoms. The molecule has 1 amide bonds. The molecule has 0 aliphatic heterocycles. The lowest BCUT2D eigenvalue weighted by Crippen LogP contribution is -2.25. The van der Waals surface area contributed by atoms with Crippen LogP contribution in [0, 0.1) is 0 Å². The summed E-state index contributed by atoms with van der Waals surface area (Å²) in [5.41, 5.74) is 9.62. The molecule has 1 aliphatic rings. The number of ether oxygens (including phenoxy) is 1. The SMILES string of the molecule is Nc1cccc(C(=O)NCCCOC2CCCc3ccccc32)c1. The molecular weight excluding hydrogens is 300 g/mol. The number of benzene rings is 2. The molecule has 0 aromatic heterocycles. The largest absolute Gasteiger partial charge is 0.399 e. The number of fused-ring (bicyclic) bond motifs is 1. The van der Waals surface area contributed by atoms with Gasteiger partial charge in [0.2, 0.25) is 0 Å². The van der Waals surface area contributed by atoms with Crippen LogP contribution in [0.5, 0.6) is 0 Å². The van der Waals surface area contributed by atoms with Crippen molar-refractivity contribution in [3.8, 4) is 0 Å². The topological polar surface area (TPSA) is 64.4 Å². The van der Waals surface area contributed by atoms with Gasteiger partial charge >= 0.3 is 0 Å². The predicted molar refractivity (Wildman–Crippen MR) is 95.9 cm³/mol. The molecule has 24 heavy (non-hydrogen) atoms. The average molecular weight is 324 g/mol. The van der Waals surface area contributed by atoms with Gasteiger partial charge < -0.3 is 15.8 Å². The zero-order valence-corrected chi connectivity index (χ0v) is 13.8. The molecule has 3 N–H and O–H groups in total. The van der Waals surface area contributed by atoms with Crippen LogP contribution in [0.2, 0.25) is 0 Å². The minimum absolute atomic E-state index is 0.0923. The molecule has 1 atom stereocenters. The Balaban J connectivity index is 1.41. The summed E-state index contributed by atoms with van der Waals surface area (Å²) in [5, 5.41) is 2.91. The number of hydrogen-bond donors (Lipinski definition) is 2. The van der Waals surface area contributed by atoms with Crippen LogP contribution >= 0.6 is 0 Å². The van der Waals surface area contributed by atoms with Gasteiger partial charge in [0.05, 0.1) is 6.10 Å². The van der Waals surface area contributed by atoms with Crippen LogP contribution in [0.1, 0.15) is 46.9 Å². The Morgan fingerprint density at radius 2 is 2.08 bits per heavy atom. The fourth-order valence-electron chi connectivity index (χ4n) is 3.16. The van der Waals surface area contributed by atoms with Gasteiger partial charge in [-0.15, -0.1) is 0 Å². The second kappa shape index (κ2) is 7.97. The number of hydrogen-bond acceptors (Lipinski definition) is 3. The van der Waals surface area contributed by atoms with E-state index in [1.54, 1.807) is 24.3 Å². The number of nitrogen functional groups attached to an aromatic ring is 1. The van der Waals surface area contributed by atoms with Crippen LogP contribution in [0.3, 0.4) is 0 Å². The van der Waals surface area contributed by atoms with E-state index in [4.69, 9.17) is 10.5 Å². The Labute approximate surface area is 143 Å². The number of carbonyl (C=O) groups is 1. The van der Waals surface area contributed by atoms with Crippen molar-refractivity contribution < 1.29 is 9.53 Å². The summed E-state index contributed by atoms with van der Waals surface area (Å²) in [5.74, 6) is -0.0923. The van der Waals surface area contributed by atoms with Gasteiger partial charge in [-0.2, -0.15) is 0 Å². The van der Waals surface area contributed by atoms with Crippen LogP contribution in [-0.4, -0.2) is 19.1 Å². The first-order valence-corrected chi connectivity index (χ1v) is 8.57. The first kappa shape index (κ1) is 16.5. The van der Waals surface area contributed by atoms with Gasteiger partial charge in [-0.3, -0.25) is 4.79 Å². The molecule has 0 radical (unpaired) electrons. The minimum atomic E-state index is -0.0923. The highest BCUT2D eigenvalue weighted by Gasteiger charge is 2.19. The van der Waals surface area contributed by atoms with E-state index in [9.17, 15) is 4.79 Å². The van der Waals surface area contributed by atoms with Crippen molar-refractivity contribution in [1.29, 1.82) is 0 Å². The van der Waals surface area contributed by atoms with Crippen molar-refractivity contribution >= 4 is 11.6 Å². The van der Waals surface area contributed by atoms with E-state index in [-0.39, 0.29) is 12.0 Å². The van der Waals surface area contributed by atoms with Gasteiger partial charge in [-0.1, -0.05) is 30.3 Å². The molecule has 0 saturated carbocycles. The third kappa shape index (κ3) is 4.15.